The van der Waals surface area contributed by atoms with Gasteiger partial charge < -0.3 is 14.8 Å². The van der Waals surface area contributed by atoms with Gasteiger partial charge in [-0.3, -0.25) is 10.1 Å². The average molecular weight is 385 g/mol. The summed E-state index contributed by atoms with van der Waals surface area (Å²) in [5.41, 5.74) is -0.856. The highest BCUT2D eigenvalue weighted by Gasteiger charge is 2.39. The largest absolute Gasteiger partial charge is 0.467 e. The third-order valence-corrected chi connectivity index (χ3v) is 4.30. The van der Waals surface area contributed by atoms with Crippen molar-refractivity contribution in [1.29, 1.82) is 0 Å². The minimum atomic E-state index is -1.02. The van der Waals surface area contributed by atoms with Crippen LogP contribution in [0, 0.1) is 10.1 Å². The highest BCUT2D eigenvalue weighted by molar-refractivity contribution is 8.00. The summed E-state index contributed by atoms with van der Waals surface area (Å²) in [5.74, 6) is -0.643. The molecule has 26 heavy (non-hydrogen) atoms. The molecule has 144 valence electrons. The summed E-state index contributed by atoms with van der Waals surface area (Å²) in [7, 11) is 1.22. The van der Waals surface area contributed by atoms with Crippen LogP contribution in [-0.2, 0) is 14.3 Å². The maximum absolute atomic E-state index is 12.2. The molecule has 0 fully saturated rings. The number of nitrogens with zero attached hydrogens (tertiary/aromatic N) is 2. The number of methoxy groups -OCH3 is 1. The van der Waals surface area contributed by atoms with E-state index >= 15 is 0 Å². The van der Waals surface area contributed by atoms with Crippen LogP contribution < -0.4 is 5.32 Å². The van der Waals surface area contributed by atoms with Gasteiger partial charge in [0.1, 0.15) is 17.8 Å². The van der Waals surface area contributed by atoms with E-state index in [2.05, 4.69) is 10.3 Å². The number of carbonyl (C=O) groups excluding carboxylic acids is 2. The molecular formula is C16H23N3O6S. The summed E-state index contributed by atoms with van der Waals surface area (Å²) in [6, 6.07) is 1.77. The number of nitro groups is 1. The molecule has 0 aromatic carbocycles. The molecule has 0 aliphatic carbocycles. The Morgan fingerprint density at radius 3 is 2.31 bits per heavy atom. The van der Waals surface area contributed by atoms with Crippen LogP contribution in [0.1, 0.15) is 34.6 Å². The van der Waals surface area contributed by atoms with Crippen LogP contribution in [0.4, 0.5) is 10.5 Å². The number of pyridine rings is 1. The number of ether oxygens (including phenoxy) is 2. The lowest BCUT2D eigenvalue weighted by molar-refractivity contribution is -0.385. The van der Waals surface area contributed by atoms with Crippen molar-refractivity contribution in [2.75, 3.05) is 7.11 Å². The molecule has 1 heterocycles. The third-order valence-electron chi connectivity index (χ3n) is 3.09. The Hall–Kier alpha value is -2.36. The van der Waals surface area contributed by atoms with E-state index in [9.17, 15) is 19.7 Å². The van der Waals surface area contributed by atoms with Crippen molar-refractivity contribution in [3.8, 4) is 0 Å². The molecule has 1 aromatic rings. The summed E-state index contributed by atoms with van der Waals surface area (Å²) in [6.07, 6.45) is 0.380. The van der Waals surface area contributed by atoms with Gasteiger partial charge in [-0.2, -0.15) is 0 Å². The van der Waals surface area contributed by atoms with Crippen LogP contribution >= 0.6 is 11.8 Å². The van der Waals surface area contributed by atoms with Gasteiger partial charge in [-0.15, -0.1) is 0 Å². The maximum Gasteiger partial charge on any atom is 0.408 e. The number of hydrogen-bond acceptors (Lipinski definition) is 8. The fourth-order valence-corrected chi connectivity index (χ4v) is 2.98. The number of thioether (sulfide) groups is 1. The molecule has 0 radical (unpaired) electrons. The molecule has 9 nitrogen and oxygen atoms in total. The van der Waals surface area contributed by atoms with Crippen LogP contribution in [-0.4, -0.2) is 45.5 Å². The Kier molecular flexibility index (Phi) is 6.96. The molecule has 1 rings (SSSR count). The van der Waals surface area contributed by atoms with E-state index in [1.807, 2.05) is 0 Å². The van der Waals surface area contributed by atoms with Gasteiger partial charge in [0.25, 0.3) is 5.69 Å². The van der Waals surface area contributed by atoms with E-state index in [1.165, 1.54) is 31.0 Å². The van der Waals surface area contributed by atoms with Crippen LogP contribution in [0.15, 0.2) is 23.4 Å². The predicted molar refractivity (Wildman–Crippen MR) is 96.0 cm³/mol. The number of aromatic nitrogens is 1. The van der Waals surface area contributed by atoms with Crippen molar-refractivity contribution in [2.24, 2.45) is 0 Å². The summed E-state index contributed by atoms with van der Waals surface area (Å²) in [5, 5.41) is 13.7. The molecule has 1 aromatic heterocycles. The zero-order chi connectivity index (χ0) is 20.1. The van der Waals surface area contributed by atoms with Gasteiger partial charge in [-0.05, 0) is 40.7 Å². The Labute approximate surface area is 156 Å². The van der Waals surface area contributed by atoms with E-state index in [1.54, 1.807) is 34.6 Å². The molecule has 0 aliphatic heterocycles. The minimum Gasteiger partial charge on any atom is -0.467 e. The van der Waals surface area contributed by atoms with Gasteiger partial charge in [-0.1, -0.05) is 11.8 Å². The SMILES string of the molecule is COC(=O)[C@@H](NC(=O)OC(C)(C)C)C(C)(C)Sc1ccc([N+](=O)[O-])cn1. The molecule has 10 heteroatoms. The fraction of sp³-hybridized carbons (Fsp3) is 0.562. The van der Waals surface area contributed by atoms with E-state index in [0.717, 1.165) is 6.20 Å². The Morgan fingerprint density at radius 2 is 1.88 bits per heavy atom. The number of esters is 1. The zero-order valence-electron chi connectivity index (χ0n) is 15.6. The second kappa shape index (κ2) is 8.35. The number of amides is 1. The summed E-state index contributed by atoms with van der Waals surface area (Å²) in [4.78, 5) is 38.4. The first kappa shape index (κ1) is 21.7. The Morgan fingerprint density at radius 1 is 1.27 bits per heavy atom. The van der Waals surface area contributed by atoms with Crippen LogP contribution in [0.3, 0.4) is 0 Å². The molecule has 0 aliphatic rings. The van der Waals surface area contributed by atoms with Crippen LogP contribution in [0.5, 0.6) is 0 Å². The number of nitrogens with one attached hydrogen (secondary N) is 1. The van der Waals surface area contributed by atoms with Crippen molar-refractivity contribution in [3.05, 3.63) is 28.4 Å². The van der Waals surface area contributed by atoms with Crippen molar-refractivity contribution >= 4 is 29.5 Å². The highest BCUT2D eigenvalue weighted by atomic mass is 32.2. The topological polar surface area (TPSA) is 121 Å². The first-order chi connectivity index (χ1) is 11.9. The first-order valence-electron chi connectivity index (χ1n) is 7.72. The van der Waals surface area contributed by atoms with Crippen LogP contribution in [0.2, 0.25) is 0 Å². The van der Waals surface area contributed by atoms with E-state index in [4.69, 9.17) is 9.47 Å². The normalized spacial score (nSPS) is 12.8. The highest BCUT2D eigenvalue weighted by Crippen LogP contribution is 2.35. The molecule has 0 bridgehead atoms. The van der Waals surface area contributed by atoms with E-state index in [-0.39, 0.29) is 5.69 Å². The molecule has 1 atom stereocenters. The monoisotopic (exact) mass is 385 g/mol. The maximum atomic E-state index is 12.2. The quantitative estimate of drug-likeness (QED) is 0.343. The standard InChI is InChI=1S/C16H23N3O6S/c1-15(2,3)25-14(21)18-12(13(20)24-6)16(4,5)26-11-8-7-10(9-17-11)19(22)23/h7-9,12H,1-6H3,(H,18,21)/t12-/m1/s1. The molecule has 0 spiro atoms. The van der Waals surface area contributed by atoms with Gasteiger partial charge >= 0.3 is 12.1 Å². The Balaban J connectivity index is 2.98. The van der Waals surface area contributed by atoms with Gasteiger partial charge in [0.05, 0.1) is 17.1 Å². The van der Waals surface area contributed by atoms with Crippen molar-refractivity contribution in [2.45, 2.75) is 56.0 Å². The first-order valence-corrected chi connectivity index (χ1v) is 8.54. The summed E-state index contributed by atoms with van der Waals surface area (Å²) >= 11 is 1.17. The smallest absolute Gasteiger partial charge is 0.408 e. The van der Waals surface area contributed by atoms with Crippen LogP contribution in [0.25, 0.3) is 0 Å². The molecular weight excluding hydrogens is 362 g/mol. The van der Waals surface area contributed by atoms with Gasteiger partial charge in [-0.25, -0.2) is 14.6 Å². The number of hydrogen-bond donors (Lipinski definition) is 1. The zero-order valence-corrected chi connectivity index (χ0v) is 16.4. The Bertz CT molecular complexity index is 670. The second-order valence-corrected chi connectivity index (χ2v) is 8.59. The van der Waals surface area contributed by atoms with Crippen molar-refractivity contribution in [3.63, 3.8) is 0 Å². The van der Waals surface area contributed by atoms with Gasteiger partial charge in [0.15, 0.2) is 0 Å². The lowest BCUT2D eigenvalue weighted by Crippen LogP contribution is -2.54. The molecule has 0 saturated carbocycles. The average Bonchev–Trinajstić information content (AvgIpc) is 2.50. The lowest BCUT2D eigenvalue weighted by atomic mass is 10.0. The fourth-order valence-electron chi connectivity index (χ4n) is 1.93. The lowest BCUT2D eigenvalue weighted by Gasteiger charge is -2.32. The number of rotatable bonds is 6. The second-order valence-electron chi connectivity index (χ2n) is 6.92. The minimum absolute atomic E-state index is 0.136. The molecule has 1 N–H and O–H groups in total. The van der Waals surface area contributed by atoms with Crippen molar-refractivity contribution in [1.82, 2.24) is 10.3 Å². The number of alkyl carbamates (subject to hydrolysis) is 1. The molecule has 0 saturated heterocycles. The van der Waals surface area contributed by atoms with Gasteiger partial charge in [0.2, 0.25) is 0 Å². The van der Waals surface area contributed by atoms with E-state index in [0.29, 0.717) is 5.03 Å². The number of carbonyl (C=O) groups is 2. The van der Waals surface area contributed by atoms with Crippen molar-refractivity contribution < 1.29 is 24.0 Å². The molecule has 1 amide bonds. The third kappa shape index (κ3) is 6.51. The summed E-state index contributed by atoms with van der Waals surface area (Å²) in [6.45, 7) is 8.57. The summed E-state index contributed by atoms with van der Waals surface area (Å²) < 4.78 is 9.11. The van der Waals surface area contributed by atoms with E-state index < -0.39 is 33.4 Å². The molecule has 0 unspecified atom stereocenters. The predicted octanol–water partition coefficient (Wildman–Crippen LogP) is 2.93. The van der Waals surface area contributed by atoms with Gasteiger partial charge in [0, 0.05) is 10.8 Å².